The van der Waals surface area contributed by atoms with Crippen LogP contribution in [-0.4, -0.2) is 71.2 Å². The van der Waals surface area contributed by atoms with E-state index in [9.17, 15) is 26.4 Å². The Hall–Kier alpha value is -2.21. The Balaban J connectivity index is 0.000000396. The van der Waals surface area contributed by atoms with Gasteiger partial charge in [0.15, 0.2) is 0 Å². The lowest BCUT2D eigenvalue weighted by molar-refractivity contribution is -0.192. The first-order valence-electron chi connectivity index (χ1n) is 9.38. The summed E-state index contributed by atoms with van der Waals surface area (Å²) in [7, 11) is -3.15. The molecular formula is C18H24F3N3O5S. The maximum atomic E-state index is 12.8. The lowest BCUT2D eigenvalue weighted by atomic mass is 9.77. The lowest BCUT2D eigenvalue weighted by Crippen LogP contribution is -2.46. The molecular weight excluding hydrogens is 427 g/mol. The second-order valence-electron chi connectivity index (χ2n) is 7.18. The van der Waals surface area contributed by atoms with Crippen LogP contribution in [0.25, 0.3) is 0 Å². The van der Waals surface area contributed by atoms with Gasteiger partial charge in [0.2, 0.25) is 15.9 Å². The van der Waals surface area contributed by atoms with Crippen LogP contribution < -0.4 is 0 Å². The number of aliphatic carboxylic acids is 1. The molecule has 0 aliphatic carbocycles. The van der Waals surface area contributed by atoms with E-state index in [0.29, 0.717) is 32.5 Å². The third-order valence-electron chi connectivity index (χ3n) is 5.36. The van der Waals surface area contributed by atoms with Gasteiger partial charge in [0.1, 0.15) is 0 Å². The van der Waals surface area contributed by atoms with Crippen molar-refractivity contribution in [3.63, 3.8) is 0 Å². The maximum absolute atomic E-state index is 12.8. The number of pyridine rings is 1. The van der Waals surface area contributed by atoms with E-state index in [1.165, 1.54) is 4.31 Å². The second-order valence-corrected chi connectivity index (χ2v) is 9.44. The van der Waals surface area contributed by atoms with Gasteiger partial charge < -0.3 is 10.0 Å². The normalized spacial score (nSPS) is 19.5. The molecule has 2 aliphatic heterocycles. The highest BCUT2D eigenvalue weighted by molar-refractivity contribution is 7.89. The molecule has 2 fully saturated rings. The van der Waals surface area contributed by atoms with Crippen LogP contribution in [0.1, 0.15) is 31.9 Å². The summed E-state index contributed by atoms with van der Waals surface area (Å²) >= 11 is 0. The van der Waals surface area contributed by atoms with E-state index < -0.39 is 22.2 Å². The van der Waals surface area contributed by atoms with Crippen molar-refractivity contribution in [2.24, 2.45) is 5.41 Å². The number of piperidine rings is 1. The average Bonchev–Trinajstić information content (AvgIpc) is 2.98. The Kier molecular flexibility index (Phi) is 7.45. The predicted octanol–water partition coefficient (Wildman–Crippen LogP) is 1.88. The molecule has 0 aromatic carbocycles. The number of carbonyl (C=O) groups excluding carboxylic acids is 1. The van der Waals surface area contributed by atoms with Gasteiger partial charge in [-0.2, -0.15) is 13.2 Å². The summed E-state index contributed by atoms with van der Waals surface area (Å²) in [6.45, 7) is 3.85. The van der Waals surface area contributed by atoms with Crippen molar-refractivity contribution in [3.8, 4) is 0 Å². The molecule has 3 rings (SSSR count). The van der Waals surface area contributed by atoms with Crippen LogP contribution in [-0.2, 0) is 26.2 Å². The van der Waals surface area contributed by atoms with Crippen molar-refractivity contribution in [1.82, 2.24) is 14.2 Å². The van der Waals surface area contributed by atoms with Gasteiger partial charge in [0, 0.05) is 25.8 Å². The minimum Gasteiger partial charge on any atom is -0.475 e. The molecule has 0 unspecified atom stereocenters. The van der Waals surface area contributed by atoms with Crippen molar-refractivity contribution < 1.29 is 36.3 Å². The zero-order valence-corrected chi connectivity index (χ0v) is 17.2. The SMILES string of the molecule is CCS(=O)(=O)N1CCC2(CCN(Cc3ccccn3)C2=O)CC1.O=C(O)C(F)(F)F. The number of carboxylic acids is 1. The first-order chi connectivity index (χ1) is 13.9. The van der Waals surface area contributed by atoms with Gasteiger partial charge in [-0.3, -0.25) is 9.78 Å². The molecule has 30 heavy (non-hydrogen) atoms. The molecule has 0 radical (unpaired) electrons. The van der Waals surface area contributed by atoms with E-state index in [-0.39, 0.29) is 17.1 Å². The molecule has 1 spiro atoms. The van der Waals surface area contributed by atoms with Gasteiger partial charge in [-0.05, 0) is 38.3 Å². The van der Waals surface area contributed by atoms with Crippen LogP contribution >= 0.6 is 0 Å². The zero-order chi connectivity index (χ0) is 22.6. The molecule has 8 nitrogen and oxygen atoms in total. The number of amides is 1. The van der Waals surface area contributed by atoms with Crippen LogP contribution in [0, 0.1) is 5.41 Å². The Morgan fingerprint density at radius 1 is 1.20 bits per heavy atom. The van der Waals surface area contributed by atoms with Crippen molar-refractivity contribution >= 4 is 21.9 Å². The number of sulfonamides is 1. The monoisotopic (exact) mass is 451 g/mol. The third kappa shape index (κ3) is 5.69. The maximum Gasteiger partial charge on any atom is 0.490 e. The second kappa shape index (κ2) is 9.29. The summed E-state index contributed by atoms with van der Waals surface area (Å²) in [4.78, 5) is 27.9. The molecule has 0 saturated carbocycles. The number of halogens is 3. The fraction of sp³-hybridized carbons (Fsp3) is 0.611. The van der Waals surface area contributed by atoms with Crippen molar-refractivity contribution in [1.29, 1.82) is 0 Å². The largest absolute Gasteiger partial charge is 0.490 e. The number of carbonyl (C=O) groups is 2. The van der Waals surface area contributed by atoms with E-state index in [2.05, 4.69) is 4.98 Å². The van der Waals surface area contributed by atoms with E-state index in [4.69, 9.17) is 9.90 Å². The standard InChI is InChI=1S/C16H23N3O3S.C2HF3O2/c1-2-23(21,22)19-11-7-16(8-12-19)6-10-18(15(16)20)13-14-5-3-4-9-17-14;3-2(4,5)1(6)7/h3-5,9H,2,6-8,10-13H2,1H3;(H,6,7). The summed E-state index contributed by atoms with van der Waals surface area (Å²) in [5.41, 5.74) is 0.526. The first-order valence-corrected chi connectivity index (χ1v) is 11.0. The number of rotatable bonds is 4. The Morgan fingerprint density at radius 2 is 1.77 bits per heavy atom. The van der Waals surface area contributed by atoms with Crippen molar-refractivity contribution in [2.75, 3.05) is 25.4 Å². The Labute approximate surface area is 172 Å². The number of carboxylic acid groups (broad SMARTS) is 1. The highest BCUT2D eigenvalue weighted by Gasteiger charge is 2.49. The third-order valence-corrected chi connectivity index (χ3v) is 7.24. The summed E-state index contributed by atoms with van der Waals surface area (Å²) in [6.07, 6.45) is -1.27. The number of alkyl halides is 3. The molecule has 12 heteroatoms. The highest BCUT2D eigenvalue weighted by Crippen LogP contribution is 2.42. The predicted molar refractivity (Wildman–Crippen MR) is 101 cm³/mol. The van der Waals surface area contributed by atoms with Gasteiger partial charge >= 0.3 is 12.1 Å². The summed E-state index contributed by atoms with van der Waals surface area (Å²) < 4.78 is 57.2. The van der Waals surface area contributed by atoms with Gasteiger partial charge in [0.05, 0.1) is 23.4 Å². The topological polar surface area (TPSA) is 108 Å². The number of likely N-dealkylation sites (tertiary alicyclic amines) is 1. The average molecular weight is 451 g/mol. The van der Waals surface area contributed by atoms with Crippen LogP contribution in [0.4, 0.5) is 13.2 Å². The smallest absolute Gasteiger partial charge is 0.475 e. The number of nitrogens with zero attached hydrogens (tertiary/aromatic N) is 3. The molecule has 1 amide bonds. The molecule has 1 N–H and O–H groups in total. The van der Waals surface area contributed by atoms with Crippen LogP contribution in [0.5, 0.6) is 0 Å². The minimum atomic E-state index is -5.08. The van der Waals surface area contributed by atoms with Gasteiger partial charge in [-0.15, -0.1) is 0 Å². The molecule has 0 atom stereocenters. The fourth-order valence-corrected chi connectivity index (χ4v) is 4.67. The number of aromatic nitrogens is 1. The van der Waals surface area contributed by atoms with E-state index >= 15 is 0 Å². The Morgan fingerprint density at radius 3 is 2.23 bits per heavy atom. The van der Waals surface area contributed by atoms with Gasteiger partial charge in [0.25, 0.3) is 0 Å². The first kappa shape index (κ1) is 24.1. The van der Waals surface area contributed by atoms with Crippen molar-refractivity contribution in [3.05, 3.63) is 30.1 Å². The summed E-state index contributed by atoms with van der Waals surface area (Å²) in [5, 5.41) is 7.12. The minimum absolute atomic E-state index is 0.125. The van der Waals surface area contributed by atoms with Crippen LogP contribution in [0.2, 0.25) is 0 Å². The summed E-state index contributed by atoms with van der Waals surface area (Å²) in [5.74, 6) is -2.47. The van der Waals surface area contributed by atoms with E-state index in [0.717, 1.165) is 18.7 Å². The van der Waals surface area contributed by atoms with Crippen LogP contribution in [0.3, 0.4) is 0 Å². The number of hydrogen-bond acceptors (Lipinski definition) is 5. The lowest BCUT2D eigenvalue weighted by Gasteiger charge is -2.37. The quantitative estimate of drug-likeness (QED) is 0.749. The Bertz CT molecular complexity index is 854. The molecule has 1 aromatic rings. The molecule has 3 heterocycles. The molecule has 2 aliphatic rings. The van der Waals surface area contributed by atoms with E-state index in [1.54, 1.807) is 13.1 Å². The van der Waals surface area contributed by atoms with Crippen LogP contribution in [0.15, 0.2) is 24.4 Å². The zero-order valence-electron chi connectivity index (χ0n) is 16.4. The fourth-order valence-electron chi connectivity index (χ4n) is 3.57. The van der Waals surface area contributed by atoms with Gasteiger partial charge in [-0.1, -0.05) is 6.07 Å². The molecule has 2 saturated heterocycles. The van der Waals surface area contributed by atoms with Crippen molar-refractivity contribution in [2.45, 2.75) is 38.9 Å². The summed E-state index contributed by atoms with van der Waals surface area (Å²) in [6, 6.07) is 5.71. The number of hydrogen-bond donors (Lipinski definition) is 1. The highest BCUT2D eigenvalue weighted by atomic mass is 32.2. The molecule has 1 aromatic heterocycles. The molecule has 168 valence electrons. The molecule has 0 bridgehead atoms. The van der Waals surface area contributed by atoms with E-state index in [1.807, 2.05) is 23.1 Å². The van der Waals surface area contributed by atoms with Gasteiger partial charge in [-0.25, -0.2) is 17.5 Å².